The zero-order chi connectivity index (χ0) is 20.7. The second kappa shape index (κ2) is 9.55. The molecule has 2 aromatic rings. The molecule has 0 spiro atoms. The number of ether oxygens (including phenoxy) is 1. The third kappa shape index (κ3) is 6.23. The monoisotopic (exact) mass is 385 g/mol. The standard InChI is InChI=1S/C22H31N3O3/c1-5-6-10-20(26)24-19(14-23)16-11-12-17-15(13-16)8-7-9-18(17)25-21(27)28-22(2,3)4/h7-9,11-13,19H,5-6,10,14,23H2,1-4H3,(H,24,26)(H,25,27)/t19-/m0/s1. The number of hydrogen-bond donors (Lipinski definition) is 3. The van der Waals surface area contributed by atoms with Gasteiger partial charge >= 0.3 is 6.09 Å². The molecular formula is C22H31N3O3. The Kier molecular flexibility index (Phi) is 7.40. The number of fused-ring (bicyclic) bond motifs is 1. The molecule has 0 radical (unpaired) electrons. The second-order valence-electron chi connectivity index (χ2n) is 7.87. The fraction of sp³-hybridized carbons (Fsp3) is 0.455. The van der Waals surface area contributed by atoms with Crippen molar-refractivity contribution in [1.29, 1.82) is 0 Å². The van der Waals surface area contributed by atoms with Gasteiger partial charge in [0.05, 0.1) is 11.7 Å². The van der Waals surface area contributed by atoms with Crippen LogP contribution in [0.4, 0.5) is 10.5 Å². The predicted octanol–water partition coefficient (Wildman–Crippen LogP) is 4.49. The molecular weight excluding hydrogens is 354 g/mol. The Balaban J connectivity index is 2.21. The van der Waals surface area contributed by atoms with Gasteiger partial charge in [-0.3, -0.25) is 10.1 Å². The summed E-state index contributed by atoms with van der Waals surface area (Å²) in [6.45, 7) is 7.84. The molecule has 6 nitrogen and oxygen atoms in total. The lowest BCUT2D eigenvalue weighted by Gasteiger charge is -2.21. The second-order valence-corrected chi connectivity index (χ2v) is 7.87. The normalized spacial score (nSPS) is 12.5. The molecule has 0 aliphatic carbocycles. The Morgan fingerprint density at radius 1 is 1.18 bits per heavy atom. The molecule has 0 saturated heterocycles. The minimum absolute atomic E-state index is 0.0118. The van der Waals surface area contributed by atoms with E-state index in [1.54, 1.807) is 0 Å². The summed E-state index contributed by atoms with van der Waals surface area (Å²) in [6.07, 6.45) is 1.85. The molecule has 0 aliphatic rings. The maximum Gasteiger partial charge on any atom is 0.412 e. The van der Waals surface area contributed by atoms with Gasteiger partial charge in [0, 0.05) is 18.4 Å². The summed E-state index contributed by atoms with van der Waals surface area (Å²) in [5, 5.41) is 7.65. The predicted molar refractivity (Wildman–Crippen MR) is 113 cm³/mol. The van der Waals surface area contributed by atoms with E-state index in [0.717, 1.165) is 29.2 Å². The lowest BCUT2D eigenvalue weighted by molar-refractivity contribution is -0.121. The Labute approximate surface area is 166 Å². The van der Waals surface area contributed by atoms with E-state index < -0.39 is 11.7 Å². The molecule has 0 fully saturated rings. The summed E-state index contributed by atoms with van der Waals surface area (Å²) in [6, 6.07) is 11.3. The van der Waals surface area contributed by atoms with Crippen LogP contribution in [0.3, 0.4) is 0 Å². The topological polar surface area (TPSA) is 93.5 Å². The van der Waals surface area contributed by atoms with Crippen LogP contribution >= 0.6 is 0 Å². The van der Waals surface area contributed by atoms with Crippen molar-refractivity contribution in [1.82, 2.24) is 5.32 Å². The van der Waals surface area contributed by atoms with Crippen LogP contribution in [0, 0.1) is 0 Å². The van der Waals surface area contributed by atoms with Gasteiger partial charge in [0.1, 0.15) is 5.60 Å². The molecule has 6 heteroatoms. The molecule has 4 N–H and O–H groups in total. The number of nitrogens with two attached hydrogens (primary N) is 1. The number of rotatable bonds is 7. The number of nitrogens with one attached hydrogen (secondary N) is 2. The van der Waals surface area contributed by atoms with Crippen LogP contribution in [0.2, 0.25) is 0 Å². The van der Waals surface area contributed by atoms with E-state index in [0.29, 0.717) is 18.7 Å². The van der Waals surface area contributed by atoms with Crippen molar-refractivity contribution in [3.63, 3.8) is 0 Å². The molecule has 0 bridgehead atoms. The average molecular weight is 386 g/mol. The SMILES string of the molecule is CCCCC(=O)N[C@@H](CN)c1ccc2c(NC(=O)OC(C)(C)C)cccc2c1. The summed E-state index contributed by atoms with van der Waals surface area (Å²) < 4.78 is 5.33. The smallest absolute Gasteiger partial charge is 0.412 e. The third-order valence-electron chi connectivity index (χ3n) is 4.27. The molecule has 0 aromatic heterocycles. The highest BCUT2D eigenvalue weighted by atomic mass is 16.6. The van der Waals surface area contributed by atoms with Gasteiger partial charge in [-0.1, -0.05) is 37.6 Å². The summed E-state index contributed by atoms with van der Waals surface area (Å²) >= 11 is 0. The summed E-state index contributed by atoms with van der Waals surface area (Å²) in [5.41, 5.74) is 6.94. The van der Waals surface area contributed by atoms with Gasteiger partial charge in [-0.25, -0.2) is 4.79 Å². The number of benzene rings is 2. The molecule has 2 aromatic carbocycles. The first-order chi connectivity index (χ1) is 13.2. The fourth-order valence-electron chi connectivity index (χ4n) is 2.92. The first kappa shape index (κ1) is 21.7. The number of amides is 2. The summed E-state index contributed by atoms with van der Waals surface area (Å²) in [7, 11) is 0. The lowest BCUT2D eigenvalue weighted by Crippen LogP contribution is -2.33. The summed E-state index contributed by atoms with van der Waals surface area (Å²) in [4.78, 5) is 24.2. The Bertz CT molecular complexity index is 827. The largest absolute Gasteiger partial charge is 0.444 e. The zero-order valence-corrected chi connectivity index (χ0v) is 17.2. The first-order valence-electron chi connectivity index (χ1n) is 9.75. The maximum atomic E-state index is 12.1. The van der Waals surface area contributed by atoms with Crippen LogP contribution in [-0.4, -0.2) is 24.1 Å². The minimum atomic E-state index is -0.563. The van der Waals surface area contributed by atoms with E-state index in [1.165, 1.54) is 0 Å². The highest BCUT2D eigenvalue weighted by Crippen LogP contribution is 2.27. The molecule has 152 valence electrons. The van der Waals surface area contributed by atoms with Crippen LogP contribution in [0.25, 0.3) is 10.8 Å². The minimum Gasteiger partial charge on any atom is -0.444 e. The van der Waals surface area contributed by atoms with Gasteiger partial charge in [0.2, 0.25) is 5.91 Å². The Morgan fingerprint density at radius 3 is 2.57 bits per heavy atom. The van der Waals surface area contributed by atoms with E-state index >= 15 is 0 Å². The molecule has 0 saturated carbocycles. The van der Waals surface area contributed by atoms with Crippen LogP contribution in [-0.2, 0) is 9.53 Å². The van der Waals surface area contributed by atoms with Crippen molar-refractivity contribution in [3.05, 3.63) is 42.0 Å². The zero-order valence-electron chi connectivity index (χ0n) is 17.2. The molecule has 1 atom stereocenters. The van der Waals surface area contributed by atoms with E-state index in [2.05, 4.69) is 17.6 Å². The van der Waals surface area contributed by atoms with Crippen LogP contribution < -0.4 is 16.4 Å². The highest BCUT2D eigenvalue weighted by molar-refractivity contribution is 6.00. The number of anilines is 1. The Morgan fingerprint density at radius 2 is 1.93 bits per heavy atom. The van der Waals surface area contributed by atoms with Crippen molar-refractivity contribution in [3.8, 4) is 0 Å². The highest BCUT2D eigenvalue weighted by Gasteiger charge is 2.18. The lowest BCUT2D eigenvalue weighted by atomic mass is 10.0. The van der Waals surface area contributed by atoms with Gasteiger partial charge < -0.3 is 15.8 Å². The molecule has 0 heterocycles. The van der Waals surface area contributed by atoms with Crippen molar-refractivity contribution in [2.45, 2.75) is 58.6 Å². The van der Waals surface area contributed by atoms with Gasteiger partial charge in [-0.05, 0) is 50.3 Å². The van der Waals surface area contributed by atoms with Crippen molar-refractivity contribution < 1.29 is 14.3 Å². The van der Waals surface area contributed by atoms with Crippen LogP contribution in [0.1, 0.15) is 58.6 Å². The van der Waals surface area contributed by atoms with Gasteiger partial charge in [0.15, 0.2) is 0 Å². The fourth-order valence-corrected chi connectivity index (χ4v) is 2.92. The van der Waals surface area contributed by atoms with E-state index in [1.807, 2.05) is 57.2 Å². The van der Waals surface area contributed by atoms with Crippen molar-refractivity contribution >= 4 is 28.5 Å². The summed E-state index contributed by atoms with van der Waals surface area (Å²) in [5.74, 6) is 0.0118. The number of carbonyl (C=O) groups is 2. The molecule has 2 rings (SSSR count). The van der Waals surface area contributed by atoms with Gasteiger partial charge in [-0.2, -0.15) is 0 Å². The van der Waals surface area contributed by atoms with E-state index in [4.69, 9.17) is 10.5 Å². The quantitative estimate of drug-likeness (QED) is 0.654. The third-order valence-corrected chi connectivity index (χ3v) is 4.27. The number of hydrogen-bond acceptors (Lipinski definition) is 4. The average Bonchev–Trinajstić information content (AvgIpc) is 2.62. The molecule has 0 aliphatic heterocycles. The van der Waals surface area contributed by atoms with E-state index in [-0.39, 0.29) is 11.9 Å². The van der Waals surface area contributed by atoms with Crippen LogP contribution in [0.5, 0.6) is 0 Å². The molecule has 28 heavy (non-hydrogen) atoms. The molecule has 2 amide bonds. The van der Waals surface area contributed by atoms with Crippen LogP contribution in [0.15, 0.2) is 36.4 Å². The van der Waals surface area contributed by atoms with Gasteiger partial charge in [-0.15, -0.1) is 0 Å². The maximum absolute atomic E-state index is 12.1. The number of unbranched alkanes of at least 4 members (excludes halogenated alkanes) is 1. The Hall–Kier alpha value is -2.60. The first-order valence-corrected chi connectivity index (χ1v) is 9.75. The van der Waals surface area contributed by atoms with Crippen molar-refractivity contribution in [2.24, 2.45) is 5.73 Å². The number of carbonyl (C=O) groups excluding carboxylic acids is 2. The van der Waals surface area contributed by atoms with Gasteiger partial charge in [0.25, 0.3) is 0 Å². The molecule has 0 unspecified atom stereocenters. The van der Waals surface area contributed by atoms with Crippen molar-refractivity contribution in [2.75, 3.05) is 11.9 Å². The van der Waals surface area contributed by atoms with E-state index in [9.17, 15) is 9.59 Å².